The van der Waals surface area contributed by atoms with Crippen LogP contribution >= 0.6 is 0 Å². The van der Waals surface area contributed by atoms with E-state index in [0.717, 1.165) is 37.3 Å². The lowest BCUT2D eigenvalue weighted by atomic mass is 9.48. The molecule has 5 aliphatic rings. The number of hydrogen-bond donors (Lipinski definition) is 2. The summed E-state index contributed by atoms with van der Waals surface area (Å²) in [4.78, 5) is 0. The average molecular weight is 235 g/mol. The van der Waals surface area contributed by atoms with Crippen LogP contribution in [0, 0.1) is 23.2 Å². The Morgan fingerprint density at radius 1 is 0.882 bits per heavy atom. The Bertz CT molecular complexity index is 286. The van der Waals surface area contributed by atoms with Crippen LogP contribution in [0.5, 0.6) is 0 Å². The third kappa shape index (κ3) is 1.76. The van der Waals surface area contributed by atoms with Crippen LogP contribution in [0.4, 0.5) is 0 Å². The molecule has 4 bridgehead atoms. The summed E-state index contributed by atoms with van der Waals surface area (Å²) < 4.78 is 0. The lowest BCUT2D eigenvalue weighted by Crippen LogP contribution is -2.60. The van der Waals surface area contributed by atoms with Crippen LogP contribution in [-0.4, -0.2) is 23.8 Å². The van der Waals surface area contributed by atoms with Gasteiger partial charge in [0.25, 0.3) is 0 Å². The van der Waals surface area contributed by atoms with Gasteiger partial charge in [0.1, 0.15) is 0 Å². The van der Waals surface area contributed by atoms with E-state index in [1.54, 1.807) is 0 Å². The fourth-order valence-electron chi connectivity index (χ4n) is 5.68. The summed E-state index contributed by atoms with van der Waals surface area (Å²) in [6.45, 7) is 1.67. The molecular weight excluding hydrogens is 210 g/mol. The quantitative estimate of drug-likeness (QED) is 0.787. The second-order valence-corrected chi connectivity index (χ2v) is 7.75. The molecule has 1 aliphatic heterocycles. The Morgan fingerprint density at radius 3 is 1.82 bits per heavy atom. The largest absolute Gasteiger partial charge is 0.387 e. The molecule has 5 fully saturated rings. The zero-order valence-corrected chi connectivity index (χ0v) is 10.8. The van der Waals surface area contributed by atoms with Gasteiger partial charge >= 0.3 is 0 Å². The Hall–Kier alpha value is -0.0800. The van der Waals surface area contributed by atoms with E-state index in [2.05, 4.69) is 5.32 Å². The van der Waals surface area contributed by atoms with Crippen molar-refractivity contribution in [3.63, 3.8) is 0 Å². The minimum absolute atomic E-state index is 0.344. The van der Waals surface area contributed by atoms with Crippen molar-refractivity contribution in [2.75, 3.05) is 13.1 Å². The molecule has 0 aromatic rings. The Labute approximate surface area is 104 Å². The van der Waals surface area contributed by atoms with E-state index in [1.165, 1.54) is 44.9 Å². The third-order valence-corrected chi connectivity index (χ3v) is 6.19. The molecule has 2 N–H and O–H groups in total. The van der Waals surface area contributed by atoms with Crippen molar-refractivity contribution in [3.05, 3.63) is 0 Å². The van der Waals surface area contributed by atoms with Gasteiger partial charge in [0.15, 0.2) is 0 Å². The maximum Gasteiger partial charge on any atom is 0.0895 e. The highest BCUT2D eigenvalue weighted by Gasteiger charge is 2.51. The summed E-state index contributed by atoms with van der Waals surface area (Å²) in [6.07, 6.45) is 11.4. The van der Waals surface area contributed by atoms with Crippen molar-refractivity contribution in [1.29, 1.82) is 0 Å². The molecule has 4 aliphatic carbocycles. The smallest absolute Gasteiger partial charge is 0.0895 e. The molecule has 0 atom stereocenters. The molecule has 0 unspecified atom stereocenters. The maximum atomic E-state index is 10.2. The van der Waals surface area contributed by atoms with Gasteiger partial charge in [-0.3, -0.25) is 0 Å². The van der Waals surface area contributed by atoms with Crippen LogP contribution in [0.15, 0.2) is 0 Å². The number of hydrogen-bond acceptors (Lipinski definition) is 2. The fourth-order valence-corrected chi connectivity index (χ4v) is 5.68. The molecule has 0 aromatic heterocycles. The number of β-amino-alcohol motifs (C(OH)–C–C–N with tert-alkyl or cyclic N) is 1. The van der Waals surface area contributed by atoms with E-state index in [4.69, 9.17) is 0 Å². The van der Waals surface area contributed by atoms with Gasteiger partial charge < -0.3 is 10.4 Å². The molecule has 4 saturated carbocycles. The zero-order chi connectivity index (χ0) is 11.5. The van der Waals surface area contributed by atoms with Gasteiger partial charge in [0.2, 0.25) is 0 Å². The predicted molar refractivity (Wildman–Crippen MR) is 67.7 cm³/mol. The molecule has 0 amide bonds. The van der Waals surface area contributed by atoms with Gasteiger partial charge in [-0.25, -0.2) is 0 Å². The first-order chi connectivity index (χ1) is 8.15. The van der Waals surface area contributed by atoms with E-state index >= 15 is 0 Å². The molecule has 0 spiro atoms. The van der Waals surface area contributed by atoms with Crippen LogP contribution in [0.2, 0.25) is 0 Å². The second kappa shape index (κ2) is 3.48. The van der Waals surface area contributed by atoms with E-state index in [-0.39, 0.29) is 5.60 Å². The summed E-state index contributed by atoms with van der Waals surface area (Å²) in [6, 6.07) is 0. The molecule has 1 heterocycles. The topological polar surface area (TPSA) is 32.3 Å². The molecule has 0 radical (unpaired) electrons. The Morgan fingerprint density at radius 2 is 1.41 bits per heavy atom. The van der Waals surface area contributed by atoms with Crippen LogP contribution in [0.3, 0.4) is 0 Å². The van der Waals surface area contributed by atoms with Gasteiger partial charge in [0.05, 0.1) is 5.60 Å². The van der Waals surface area contributed by atoms with E-state index in [9.17, 15) is 5.11 Å². The number of nitrogens with one attached hydrogen (secondary N) is 1. The molecular formula is C15H25NO. The van der Waals surface area contributed by atoms with Crippen molar-refractivity contribution in [2.45, 2.75) is 57.0 Å². The average Bonchev–Trinajstić information content (AvgIpc) is 2.22. The summed E-state index contributed by atoms with van der Waals surface area (Å²) in [5, 5.41) is 13.5. The summed E-state index contributed by atoms with van der Waals surface area (Å²) in [7, 11) is 0. The monoisotopic (exact) mass is 235 g/mol. The molecule has 2 nitrogen and oxygen atoms in total. The minimum Gasteiger partial charge on any atom is -0.387 e. The molecule has 0 aromatic carbocycles. The van der Waals surface area contributed by atoms with Crippen molar-refractivity contribution < 1.29 is 5.11 Å². The summed E-state index contributed by atoms with van der Waals surface area (Å²) >= 11 is 0. The lowest BCUT2D eigenvalue weighted by Gasteiger charge is -2.57. The van der Waals surface area contributed by atoms with Crippen LogP contribution in [-0.2, 0) is 0 Å². The van der Waals surface area contributed by atoms with Gasteiger partial charge in [-0.05, 0) is 74.5 Å². The van der Waals surface area contributed by atoms with Crippen molar-refractivity contribution in [1.82, 2.24) is 5.32 Å². The minimum atomic E-state index is -0.344. The molecule has 96 valence electrons. The molecule has 17 heavy (non-hydrogen) atoms. The van der Waals surface area contributed by atoms with E-state index in [1.807, 2.05) is 0 Å². The van der Waals surface area contributed by atoms with Crippen LogP contribution in [0.25, 0.3) is 0 Å². The lowest BCUT2D eigenvalue weighted by molar-refractivity contribution is -0.0820. The maximum absolute atomic E-state index is 10.2. The first-order valence-corrected chi connectivity index (χ1v) is 7.58. The highest BCUT2D eigenvalue weighted by molar-refractivity contribution is 5.03. The standard InChI is InChI=1S/C15H25NO/c17-15(9-16-10-15)2-1-14-6-11-3-12(7-14)5-13(4-11)8-14/h11-13,16-17H,1-10H2. The van der Waals surface area contributed by atoms with Gasteiger partial charge in [-0.1, -0.05) is 0 Å². The molecule has 5 rings (SSSR count). The first kappa shape index (κ1) is 10.8. The summed E-state index contributed by atoms with van der Waals surface area (Å²) in [5.41, 5.74) is 0.309. The van der Waals surface area contributed by atoms with Crippen LogP contribution < -0.4 is 5.32 Å². The normalized spacial score (nSPS) is 50.3. The van der Waals surface area contributed by atoms with Crippen molar-refractivity contribution in [2.24, 2.45) is 23.2 Å². The predicted octanol–water partition coefficient (Wildman–Crippen LogP) is 2.32. The Kier molecular flexibility index (Phi) is 2.21. The Balaban J connectivity index is 1.45. The molecule has 1 saturated heterocycles. The van der Waals surface area contributed by atoms with Crippen molar-refractivity contribution in [3.8, 4) is 0 Å². The summed E-state index contributed by atoms with van der Waals surface area (Å²) in [5.74, 6) is 3.15. The van der Waals surface area contributed by atoms with Gasteiger partial charge in [-0.2, -0.15) is 0 Å². The molecule has 2 heteroatoms. The first-order valence-electron chi connectivity index (χ1n) is 7.58. The zero-order valence-electron chi connectivity index (χ0n) is 10.8. The van der Waals surface area contributed by atoms with Crippen molar-refractivity contribution >= 4 is 0 Å². The second-order valence-electron chi connectivity index (χ2n) is 7.75. The highest BCUT2D eigenvalue weighted by atomic mass is 16.3. The highest BCUT2D eigenvalue weighted by Crippen LogP contribution is 2.61. The van der Waals surface area contributed by atoms with Gasteiger partial charge in [0, 0.05) is 13.1 Å². The third-order valence-electron chi connectivity index (χ3n) is 6.19. The van der Waals surface area contributed by atoms with E-state index in [0.29, 0.717) is 5.41 Å². The van der Waals surface area contributed by atoms with Gasteiger partial charge in [-0.15, -0.1) is 0 Å². The number of aliphatic hydroxyl groups is 1. The number of rotatable bonds is 3. The fraction of sp³-hybridized carbons (Fsp3) is 1.00. The van der Waals surface area contributed by atoms with E-state index < -0.39 is 0 Å². The SMILES string of the molecule is OC1(CCC23CC4CC(CC(C4)C2)C3)CNC1. The van der Waals surface area contributed by atoms with Crippen LogP contribution in [0.1, 0.15) is 51.4 Å².